The Bertz CT molecular complexity index is 498. The maximum Gasteiger partial charge on any atom is 0.261 e. The van der Waals surface area contributed by atoms with Crippen molar-refractivity contribution in [3.8, 4) is 5.75 Å². The smallest absolute Gasteiger partial charge is 0.261 e. The second-order valence-electron chi connectivity index (χ2n) is 5.02. The van der Waals surface area contributed by atoms with E-state index in [1.54, 1.807) is 11.8 Å². The first-order valence-corrected chi connectivity index (χ1v) is 7.04. The summed E-state index contributed by atoms with van der Waals surface area (Å²) >= 11 is 0. The summed E-state index contributed by atoms with van der Waals surface area (Å²) in [6.07, 6.45) is 1.29. The maximum absolute atomic E-state index is 12.8. The SMILES string of the molecule is CC(Oc1ccc(F)cc1)C(=O)NCC(=O)N1CCCC1. The molecular weight excluding hydrogens is 275 g/mol. The summed E-state index contributed by atoms with van der Waals surface area (Å²) in [5.41, 5.74) is 0. The molecule has 114 valence electrons. The zero-order valence-electron chi connectivity index (χ0n) is 12.0. The molecule has 0 spiro atoms. The van der Waals surface area contributed by atoms with Crippen LogP contribution in [-0.2, 0) is 9.59 Å². The largest absolute Gasteiger partial charge is 0.481 e. The number of likely N-dealkylation sites (tertiary alicyclic amines) is 1. The van der Waals surface area contributed by atoms with Crippen LogP contribution < -0.4 is 10.1 Å². The lowest BCUT2D eigenvalue weighted by Gasteiger charge is -2.17. The molecule has 2 amide bonds. The third-order valence-electron chi connectivity index (χ3n) is 3.37. The van der Waals surface area contributed by atoms with Gasteiger partial charge in [-0.15, -0.1) is 0 Å². The molecular formula is C15H19FN2O3. The van der Waals surface area contributed by atoms with Crippen LogP contribution in [0.3, 0.4) is 0 Å². The summed E-state index contributed by atoms with van der Waals surface area (Å²) < 4.78 is 18.1. The first-order chi connectivity index (χ1) is 10.1. The third-order valence-corrected chi connectivity index (χ3v) is 3.37. The molecule has 0 aliphatic carbocycles. The van der Waals surface area contributed by atoms with Gasteiger partial charge >= 0.3 is 0 Å². The van der Waals surface area contributed by atoms with Crippen LogP contribution in [0, 0.1) is 5.82 Å². The number of ether oxygens (including phenoxy) is 1. The van der Waals surface area contributed by atoms with E-state index in [2.05, 4.69) is 5.32 Å². The van der Waals surface area contributed by atoms with Gasteiger partial charge in [0, 0.05) is 13.1 Å². The van der Waals surface area contributed by atoms with Crippen LogP contribution >= 0.6 is 0 Å². The van der Waals surface area contributed by atoms with Gasteiger partial charge in [-0.05, 0) is 44.0 Å². The minimum Gasteiger partial charge on any atom is -0.481 e. The molecule has 1 atom stereocenters. The molecule has 21 heavy (non-hydrogen) atoms. The highest BCUT2D eigenvalue weighted by Gasteiger charge is 2.20. The average Bonchev–Trinajstić information content (AvgIpc) is 3.01. The third kappa shape index (κ3) is 4.44. The molecule has 0 radical (unpaired) electrons. The number of halogens is 1. The highest BCUT2D eigenvalue weighted by atomic mass is 19.1. The van der Waals surface area contributed by atoms with Gasteiger partial charge in [0.05, 0.1) is 6.54 Å². The Balaban J connectivity index is 1.76. The molecule has 1 unspecified atom stereocenters. The Labute approximate surface area is 123 Å². The number of nitrogens with zero attached hydrogens (tertiary/aromatic N) is 1. The van der Waals surface area contributed by atoms with E-state index in [0.29, 0.717) is 5.75 Å². The van der Waals surface area contributed by atoms with E-state index in [1.807, 2.05) is 0 Å². The van der Waals surface area contributed by atoms with Gasteiger partial charge in [0.15, 0.2) is 6.10 Å². The van der Waals surface area contributed by atoms with Crippen molar-refractivity contribution in [1.82, 2.24) is 10.2 Å². The number of carbonyl (C=O) groups is 2. The number of rotatable bonds is 5. The van der Waals surface area contributed by atoms with Crippen LogP contribution in [0.25, 0.3) is 0 Å². The molecule has 2 rings (SSSR count). The first kappa shape index (κ1) is 15.3. The number of carbonyl (C=O) groups excluding carboxylic acids is 2. The van der Waals surface area contributed by atoms with Crippen molar-refractivity contribution < 1.29 is 18.7 Å². The van der Waals surface area contributed by atoms with E-state index < -0.39 is 6.10 Å². The number of benzene rings is 1. The van der Waals surface area contributed by atoms with E-state index >= 15 is 0 Å². The molecule has 1 aliphatic heterocycles. The van der Waals surface area contributed by atoms with Crippen LogP contribution in [0.1, 0.15) is 19.8 Å². The van der Waals surface area contributed by atoms with Gasteiger partial charge in [-0.2, -0.15) is 0 Å². The highest BCUT2D eigenvalue weighted by Crippen LogP contribution is 2.13. The van der Waals surface area contributed by atoms with Crippen LogP contribution in [0.15, 0.2) is 24.3 Å². The Morgan fingerprint density at radius 2 is 1.90 bits per heavy atom. The summed E-state index contributed by atoms with van der Waals surface area (Å²) in [5.74, 6) is -0.401. The topological polar surface area (TPSA) is 58.6 Å². The quantitative estimate of drug-likeness (QED) is 0.891. The molecule has 1 aliphatic rings. The summed E-state index contributed by atoms with van der Waals surface area (Å²) in [5, 5.41) is 2.56. The van der Waals surface area contributed by atoms with E-state index in [1.165, 1.54) is 24.3 Å². The molecule has 1 N–H and O–H groups in total. The minimum atomic E-state index is -0.748. The molecule has 0 aromatic heterocycles. The van der Waals surface area contributed by atoms with Gasteiger partial charge in [0.25, 0.3) is 5.91 Å². The molecule has 1 aromatic carbocycles. The van der Waals surface area contributed by atoms with Crippen LogP contribution in [0.2, 0.25) is 0 Å². The van der Waals surface area contributed by atoms with Crippen molar-refractivity contribution in [2.75, 3.05) is 19.6 Å². The monoisotopic (exact) mass is 294 g/mol. The zero-order chi connectivity index (χ0) is 15.2. The van der Waals surface area contributed by atoms with Gasteiger partial charge in [0.1, 0.15) is 11.6 Å². The second kappa shape index (κ2) is 7.06. The van der Waals surface area contributed by atoms with E-state index in [4.69, 9.17) is 4.74 Å². The summed E-state index contributed by atoms with van der Waals surface area (Å²) in [6, 6.07) is 5.43. The van der Waals surface area contributed by atoms with E-state index in [9.17, 15) is 14.0 Å². The van der Waals surface area contributed by atoms with Crippen molar-refractivity contribution >= 4 is 11.8 Å². The molecule has 6 heteroatoms. The number of hydrogen-bond donors (Lipinski definition) is 1. The summed E-state index contributed by atoms with van der Waals surface area (Å²) in [6.45, 7) is 3.08. The maximum atomic E-state index is 12.8. The van der Waals surface area contributed by atoms with Crippen LogP contribution in [0.4, 0.5) is 4.39 Å². The average molecular weight is 294 g/mol. The first-order valence-electron chi connectivity index (χ1n) is 7.04. The van der Waals surface area contributed by atoms with Gasteiger partial charge < -0.3 is 15.0 Å². The predicted octanol–water partition coefficient (Wildman–Crippen LogP) is 1.33. The van der Waals surface area contributed by atoms with E-state index in [-0.39, 0.29) is 24.2 Å². The second-order valence-corrected chi connectivity index (χ2v) is 5.02. The van der Waals surface area contributed by atoms with E-state index in [0.717, 1.165) is 25.9 Å². The molecule has 0 bridgehead atoms. The minimum absolute atomic E-state index is 0.0179. The predicted molar refractivity (Wildman–Crippen MR) is 75.3 cm³/mol. The number of nitrogens with one attached hydrogen (secondary N) is 1. The highest BCUT2D eigenvalue weighted by molar-refractivity contribution is 5.87. The lowest BCUT2D eigenvalue weighted by Crippen LogP contribution is -2.43. The van der Waals surface area contributed by atoms with Gasteiger partial charge in [-0.1, -0.05) is 0 Å². The van der Waals surface area contributed by atoms with Gasteiger partial charge in [-0.25, -0.2) is 4.39 Å². The number of amides is 2. The molecule has 1 saturated heterocycles. The Hall–Kier alpha value is -2.11. The standard InChI is InChI=1S/C15H19FN2O3/c1-11(21-13-6-4-12(16)5-7-13)15(20)17-10-14(19)18-8-2-3-9-18/h4-7,11H,2-3,8-10H2,1H3,(H,17,20). The zero-order valence-corrected chi connectivity index (χ0v) is 12.0. The molecule has 0 saturated carbocycles. The fourth-order valence-electron chi connectivity index (χ4n) is 2.16. The fourth-order valence-corrected chi connectivity index (χ4v) is 2.16. The Morgan fingerprint density at radius 3 is 2.52 bits per heavy atom. The molecule has 5 nitrogen and oxygen atoms in total. The molecule has 1 heterocycles. The van der Waals surface area contributed by atoms with Crippen molar-refractivity contribution in [1.29, 1.82) is 0 Å². The van der Waals surface area contributed by atoms with Gasteiger partial charge in [-0.3, -0.25) is 9.59 Å². The number of hydrogen-bond acceptors (Lipinski definition) is 3. The van der Waals surface area contributed by atoms with Gasteiger partial charge in [0.2, 0.25) is 5.91 Å². The summed E-state index contributed by atoms with van der Waals surface area (Å²) in [7, 11) is 0. The molecule has 1 fully saturated rings. The fraction of sp³-hybridized carbons (Fsp3) is 0.467. The lowest BCUT2D eigenvalue weighted by atomic mass is 10.3. The van der Waals surface area contributed by atoms with Crippen molar-refractivity contribution in [3.05, 3.63) is 30.1 Å². The normalized spacial score (nSPS) is 15.6. The molecule has 1 aromatic rings. The summed E-state index contributed by atoms with van der Waals surface area (Å²) in [4.78, 5) is 25.4. The van der Waals surface area contributed by atoms with Crippen molar-refractivity contribution in [2.45, 2.75) is 25.9 Å². The van der Waals surface area contributed by atoms with Crippen LogP contribution in [-0.4, -0.2) is 42.5 Å². The Morgan fingerprint density at radius 1 is 1.29 bits per heavy atom. The Kier molecular flexibility index (Phi) is 5.14. The lowest BCUT2D eigenvalue weighted by molar-refractivity contribution is -0.134. The van der Waals surface area contributed by atoms with Crippen molar-refractivity contribution in [3.63, 3.8) is 0 Å². The van der Waals surface area contributed by atoms with Crippen LogP contribution in [0.5, 0.6) is 5.75 Å². The van der Waals surface area contributed by atoms with Crippen molar-refractivity contribution in [2.24, 2.45) is 0 Å².